The first kappa shape index (κ1) is 18.3. The second-order valence-corrected chi connectivity index (χ2v) is 5.27. The summed E-state index contributed by atoms with van der Waals surface area (Å²) in [4.78, 5) is 12.2. The van der Waals surface area contributed by atoms with E-state index in [1.165, 1.54) is 32.4 Å². The lowest BCUT2D eigenvalue weighted by Gasteiger charge is -2.08. The molecule has 1 amide bonds. The number of methoxy groups -OCH3 is 2. The van der Waals surface area contributed by atoms with Crippen LogP contribution in [0.15, 0.2) is 42.0 Å². The summed E-state index contributed by atoms with van der Waals surface area (Å²) < 4.78 is 23.5. The molecule has 0 aliphatic heterocycles. The van der Waals surface area contributed by atoms with Crippen LogP contribution in [0.4, 0.5) is 10.1 Å². The molecule has 0 radical (unpaired) electrons. The smallest absolute Gasteiger partial charge is 0.266 e. The number of halogens is 2. The molecule has 0 saturated heterocycles. The SMILES string of the molecule is COc1ccc(/C=C(\C#N)C(=O)Nc2ccc(F)c(Cl)c2)cc1OC. The number of carbonyl (C=O) groups is 1. The number of anilines is 1. The largest absolute Gasteiger partial charge is 0.493 e. The van der Waals surface area contributed by atoms with E-state index in [-0.39, 0.29) is 16.3 Å². The number of amides is 1. The quantitative estimate of drug-likeness (QED) is 0.645. The molecule has 128 valence electrons. The number of nitrogens with one attached hydrogen (secondary N) is 1. The van der Waals surface area contributed by atoms with E-state index < -0.39 is 11.7 Å². The van der Waals surface area contributed by atoms with Gasteiger partial charge in [-0.3, -0.25) is 4.79 Å². The molecule has 1 N–H and O–H groups in total. The zero-order valence-electron chi connectivity index (χ0n) is 13.5. The third-order valence-corrected chi connectivity index (χ3v) is 3.55. The Kier molecular flexibility index (Phi) is 5.98. The predicted octanol–water partition coefficient (Wildman–Crippen LogP) is 4.04. The van der Waals surface area contributed by atoms with Crippen molar-refractivity contribution in [2.24, 2.45) is 0 Å². The lowest BCUT2D eigenvalue weighted by atomic mass is 10.1. The highest BCUT2D eigenvalue weighted by atomic mass is 35.5. The Morgan fingerprint density at radius 2 is 1.92 bits per heavy atom. The molecule has 0 heterocycles. The fourth-order valence-electron chi connectivity index (χ4n) is 2.03. The van der Waals surface area contributed by atoms with Gasteiger partial charge < -0.3 is 14.8 Å². The van der Waals surface area contributed by atoms with Gasteiger partial charge in [0.15, 0.2) is 11.5 Å². The van der Waals surface area contributed by atoms with Crippen molar-refractivity contribution in [2.75, 3.05) is 19.5 Å². The first-order valence-corrected chi connectivity index (χ1v) is 7.46. The van der Waals surface area contributed by atoms with Crippen molar-refractivity contribution < 1.29 is 18.7 Å². The van der Waals surface area contributed by atoms with Gasteiger partial charge in [-0.15, -0.1) is 0 Å². The van der Waals surface area contributed by atoms with Crippen molar-refractivity contribution in [1.29, 1.82) is 5.26 Å². The number of rotatable bonds is 5. The van der Waals surface area contributed by atoms with Gasteiger partial charge in [0.1, 0.15) is 17.5 Å². The minimum atomic E-state index is -0.639. The number of hydrogen-bond acceptors (Lipinski definition) is 4. The zero-order chi connectivity index (χ0) is 18.4. The molecule has 0 unspecified atom stereocenters. The van der Waals surface area contributed by atoms with E-state index in [2.05, 4.69) is 5.32 Å². The first-order valence-electron chi connectivity index (χ1n) is 7.08. The van der Waals surface area contributed by atoms with Gasteiger partial charge in [-0.2, -0.15) is 5.26 Å². The van der Waals surface area contributed by atoms with E-state index >= 15 is 0 Å². The lowest BCUT2D eigenvalue weighted by molar-refractivity contribution is -0.112. The molecule has 0 aliphatic rings. The standard InChI is InChI=1S/C18H14ClFN2O3/c1-24-16-6-3-11(8-17(16)25-2)7-12(10-21)18(23)22-13-4-5-15(20)14(19)9-13/h3-9H,1-2H3,(H,22,23)/b12-7+. The van der Waals surface area contributed by atoms with Crippen LogP contribution < -0.4 is 14.8 Å². The highest BCUT2D eigenvalue weighted by Crippen LogP contribution is 2.28. The Morgan fingerprint density at radius 3 is 2.52 bits per heavy atom. The second-order valence-electron chi connectivity index (χ2n) is 4.87. The van der Waals surface area contributed by atoms with Gasteiger partial charge in [-0.05, 0) is 42.0 Å². The molecule has 5 nitrogen and oxygen atoms in total. The van der Waals surface area contributed by atoms with Crippen LogP contribution in [0.3, 0.4) is 0 Å². The van der Waals surface area contributed by atoms with Crippen molar-refractivity contribution >= 4 is 29.3 Å². The molecule has 0 aromatic heterocycles. The van der Waals surface area contributed by atoms with Gasteiger partial charge in [0.25, 0.3) is 5.91 Å². The third kappa shape index (κ3) is 4.49. The molecule has 2 rings (SSSR count). The van der Waals surface area contributed by atoms with Crippen LogP contribution in [0.5, 0.6) is 11.5 Å². The Balaban J connectivity index is 2.26. The van der Waals surface area contributed by atoms with Crippen LogP contribution in [-0.4, -0.2) is 20.1 Å². The fraction of sp³-hybridized carbons (Fsp3) is 0.111. The Morgan fingerprint density at radius 1 is 1.20 bits per heavy atom. The molecule has 0 bridgehead atoms. The minimum Gasteiger partial charge on any atom is -0.493 e. The Bertz CT molecular complexity index is 875. The van der Waals surface area contributed by atoms with Gasteiger partial charge in [0, 0.05) is 5.69 Å². The first-order chi connectivity index (χ1) is 12.0. The molecule has 2 aromatic rings. The summed E-state index contributed by atoms with van der Waals surface area (Å²) in [5.41, 5.74) is 0.735. The molecular weight excluding hydrogens is 347 g/mol. The van der Waals surface area contributed by atoms with Crippen LogP contribution in [0, 0.1) is 17.1 Å². The molecular formula is C18H14ClFN2O3. The molecule has 25 heavy (non-hydrogen) atoms. The van der Waals surface area contributed by atoms with E-state index in [4.69, 9.17) is 21.1 Å². The van der Waals surface area contributed by atoms with E-state index in [1.54, 1.807) is 18.2 Å². The van der Waals surface area contributed by atoms with Crippen molar-refractivity contribution in [1.82, 2.24) is 0 Å². The topological polar surface area (TPSA) is 71.3 Å². The summed E-state index contributed by atoms with van der Waals surface area (Å²) >= 11 is 5.67. The predicted molar refractivity (Wildman–Crippen MR) is 93.2 cm³/mol. The van der Waals surface area contributed by atoms with E-state index in [0.29, 0.717) is 17.1 Å². The number of nitriles is 1. The van der Waals surface area contributed by atoms with Crippen LogP contribution in [-0.2, 0) is 4.79 Å². The number of hydrogen-bond donors (Lipinski definition) is 1. The molecule has 2 aromatic carbocycles. The average Bonchev–Trinajstić information content (AvgIpc) is 2.62. The Labute approximate surface area is 149 Å². The second kappa shape index (κ2) is 8.18. The minimum absolute atomic E-state index is 0.125. The van der Waals surface area contributed by atoms with Gasteiger partial charge in [0.2, 0.25) is 0 Å². The van der Waals surface area contributed by atoms with Crippen molar-refractivity contribution in [3.63, 3.8) is 0 Å². The highest BCUT2D eigenvalue weighted by Gasteiger charge is 2.12. The normalized spacial score (nSPS) is 10.8. The zero-order valence-corrected chi connectivity index (χ0v) is 14.2. The summed E-state index contributed by atoms with van der Waals surface area (Å²) in [6.07, 6.45) is 1.41. The van der Waals surface area contributed by atoms with Crippen LogP contribution >= 0.6 is 11.6 Å². The molecule has 0 saturated carbocycles. The van der Waals surface area contributed by atoms with Crippen molar-refractivity contribution in [3.05, 3.63) is 58.4 Å². The summed E-state index contributed by atoms with van der Waals surface area (Å²) in [5, 5.41) is 11.6. The number of benzene rings is 2. The van der Waals surface area contributed by atoms with Crippen LogP contribution in [0.2, 0.25) is 5.02 Å². The molecule has 0 aliphatic carbocycles. The van der Waals surface area contributed by atoms with Gasteiger partial charge in [-0.25, -0.2) is 4.39 Å². The fourth-order valence-corrected chi connectivity index (χ4v) is 2.21. The van der Waals surface area contributed by atoms with Crippen molar-refractivity contribution in [2.45, 2.75) is 0 Å². The van der Waals surface area contributed by atoms with E-state index in [0.717, 1.165) is 6.07 Å². The average molecular weight is 361 g/mol. The lowest BCUT2D eigenvalue weighted by Crippen LogP contribution is -2.13. The van der Waals surface area contributed by atoms with E-state index in [1.807, 2.05) is 6.07 Å². The summed E-state index contributed by atoms with van der Waals surface area (Å²) in [5.74, 6) is -0.233. The highest BCUT2D eigenvalue weighted by molar-refractivity contribution is 6.31. The van der Waals surface area contributed by atoms with Gasteiger partial charge >= 0.3 is 0 Å². The Hall–Kier alpha value is -3.04. The van der Waals surface area contributed by atoms with Gasteiger partial charge in [0.05, 0.1) is 19.2 Å². The summed E-state index contributed by atoms with van der Waals surface area (Å²) in [6, 6.07) is 10.6. The summed E-state index contributed by atoms with van der Waals surface area (Å²) in [7, 11) is 3.00. The summed E-state index contributed by atoms with van der Waals surface area (Å²) in [6.45, 7) is 0. The molecule has 0 atom stereocenters. The number of ether oxygens (including phenoxy) is 2. The molecule has 0 spiro atoms. The third-order valence-electron chi connectivity index (χ3n) is 3.26. The van der Waals surface area contributed by atoms with E-state index in [9.17, 15) is 14.4 Å². The van der Waals surface area contributed by atoms with Crippen molar-refractivity contribution in [3.8, 4) is 17.6 Å². The van der Waals surface area contributed by atoms with Gasteiger partial charge in [-0.1, -0.05) is 17.7 Å². The number of nitrogens with zero attached hydrogens (tertiary/aromatic N) is 1. The maximum atomic E-state index is 13.2. The van der Waals surface area contributed by atoms with Crippen LogP contribution in [0.1, 0.15) is 5.56 Å². The number of carbonyl (C=O) groups excluding carboxylic acids is 1. The monoisotopic (exact) mass is 360 g/mol. The maximum Gasteiger partial charge on any atom is 0.266 e. The van der Waals surface area contributed by atoms with Crippen LogP contribution in [0.25, 0.3) is 6.08 Å². The molecule has 0 fully saturated rings. The molecule has 7 heteroatoms. The maximum absolute atomic E-state index is 13.2.